The first-order valence-electron chi connectivity index (χ1n) is 6.07. The number of nitrogens with zero attached hydrogens (tertiary/aromatic N) is 1. The Hall–Kier alpha value is -2.54. The molecule has 0 amide bonds. The van der Waals surface area contributed by atoms with Gasteiger partial charge in [0.25, 0.3) is 5.56 Å². The van der Waals surface area contributed by atoms with Gasteiger partial charge in [-0.1, -0.05) is 18.2 Å². The van der Waals surface area contributed by atoms with Crippen LogP contribution < -0.4 is 10.3 Å². The van der Waals surface area contributed by atoms with Crippen molar-refractivity contribution in [2.75, 3.05) is 6.61 Å². The van der Waals surface area contributed by atoms with E-state index in [9.17, 15) is 4.79 Å². The van der Waals surface area contributed by atoms with E-state index in [4.69, 9.17) is 10.00 Å². The monoisotopic (exact) mass is 254 g/mol. The molecule has 0 spiro atoms. The van der Waals surface area contributed by atoms with E-state index in [1.807, 2.05) is 37.3 Å². The van der Waals surface area contributed by atoms with Gasteiger partial charge >= 0.3 is 0 Å². The maximum absolute atomic E-state index is 11.8. The quantitative estimate of drug-likeness (QED) is 0.911. The number of pyridine rings is 1. The van der Waals surface area contributed by atoms with Crippen LogP contribution in [-0.2, 0) is 6.42 Å². The second-order valence-electron chi connectivity index (χ2n) is 3.99. The number of benzene rings is 1. The van der Waals surface area contributed by atoms with Crippen LogP contribution in [0.4, 0.5) is 0 Å². The molecule has 0 bridgehead atoms. The van der Waals surface area contributed by atoms with Crippen molar-refractivity contribution in [1.29, 1.82) is 5.26 Å². The Labute approximate surface area is 111 Å². The van der Waals surface area contributed by atoms with Gasteiger partial charge in [-0.3, -0.25) is 4.79 Å². The maximum atomic E-state index is 11.8. The number of aromatic amines is 1. The largest absolute Gasteiger partial charge is 0.493 e. The molecular weight excluding hydrogens is 240 g/mol. The zero-order valence-corrected chi connectivity index (χ0v) is 10.6. The first-order chi connectivity index (χ1) is 9.26. The van der Waals surface area contributed by atoms with E-state index in [0.29, 0.717) is 17.9 Å². The second-order valence-corrected chi connectivity index (χ2v) is 3.99. The molecule has 0 aliphatic carbocycles. The molecule has 19 heavy (non-hydrogen) atoms. The molecule has 0 saturated carbocycles. The number of aromatic nitrogens is 1. The van der Waals surface area contributed by atoms with Crippen molar-refractivity contribution in [1.82, 2.24) is 4.98 Å². The van der Waals surface area contributed by atoms with Crippen molar-refractivity contribution >= 4 is 0 Å². The van der Waals surface area contributed by atoms with Gasteiger partial charge in [0.15, 0.2) is 0 Å². The van der Waals surface area contributed by atoms with Crippen molar-refractivity contribution < 1.29 is 4.74 Å². The number of rotatable bonds is 4. The molecule has 1 aromatic heterocycles. The summed E-state index contributed by atoms with van der Waals surface area (Å²) in [5.74, 6) is 0.730. The van der Waals surface area contributed by atoms with Crippen LogP contribution >= 0.6 is 0 Å². The topological polar surface area (TPSA) is 65.9 Å². The Bertz CT molecular complexity index is 668. The number of ether oxygens (including phenoxy) is 1. The standard InChI is InChI=1S/C15H14N2O2/c1-2-19-14-6-4-3-5-12(14)13-8-7-11(9-10-16)15(18)17-13/h3-8H,2,9H2,1H3,(H,17,18). The second kappa shape index (κ2) is 5.87. The molecule has 0 radical (unpaired) electrons. The van der Waals surface area contributed by atoms with E-state index in [0.717, 1.165) is 11.3 Å². The maximum Gasteiger partial charge on any atom is 0.252 e. The van der Waals surface area contributed by atoms with Crippen LogP contribution in [0.3, 0.4) is 0 Å². The van der Waals surface area contributed by atoms with E-state index < -0.39 is 0 Å². The third-order valence-corrected chi connectivity index (χ3v) is 2.74. The lowest BCUT2D eigenvalue weighted by Crippen LogP contribution is -2.12. The SMILES string of the molecule is CCOc1ccccc1-c1ccc(CC#N)c(=O)[nH]1. The van der Waals surface area contributed by atoms with Crippen LogP contribution in [0.25, 0.3) is 11.3 Å². The molecular formula is C15H14N2O2. The number of nitrogens with one attached hydrogen (secondary N) is 1. The van der Waals surface area contributed by atoms with E-state index in [1.54, 1.807) is 12.1 Å². The average Bonchev–Trinajstić information content (AvgIpc) is 2.42. The first-order valence-corrected chi connectivity index (χ1v) is 6.07. The van der Waals surface area contributed by atoms with Crippen LogP contribution in [0.15, 0.2) is 41.2 Å². The van der Waals surface area contributed by atoms with Crippen molar-refractivity contribution in [3.05, 3.63) is 52.3 Å². The lowest BCUT2D eigenvalue weighted by molar-refractivity contribution is 0.341. The third-order valence-electron chi connectivity index (χ3n) is 2.74. The summed E-state index contributed by atoms with van der Waals surface area (Å²) >= 11 is 0. The summed E-state index contributed by atoms with van der Waals surface area (Å²) in [6, 6.07) is 13.0. The lowest BCUT2D eigenvalue weighted by Gasteiger charge is -2.10. The predicted octanol–water partition coefficient (Wildman–Crippen LogP) is 2.51. The molecule has 0 aliphatic rings. The Morgan fingerprint density at radius 3 is 2.74 bits per heavy atom. The Kier molecular flexibility index (Phi) is 3.99. The highest BCUT2D eigenvalue weighted by atomic mass is 16.5. The van der Waals surface area contributed by atoms with Gasteiger partial charge in [0, 0.05) is 11.1 Å². The minimum atomic E-state index is -0.231. The minimum Gasteiger partial charge on any atom is -0.493 e. The smallest absolute Gasteiger partial charge is 0.252 e. The molecule has 0 atom stereocenters. The summed E-state index contributed by atoms with van der Waals surface area (Å²) in [6.07, 6.45) is 0.114. The lowest BCUT2D eigenvalue weighted by atomic mass is 10.1. The molecule has 96 valence electrons. The fourth-order valence-electron chi connectivity index (χ4n) is 1.86. The van der Waals surface area contributed by atoms with Crippen molar-refractivity contribution in [3.63, 3.8) is 0 Å². The summed E-state index contributed by atoms with van der Waals surface area (Å²) in [4.78, 5) is 14.6. The van der Waals surface area contributed by atoms with E-state index >= 15 is 0 Å². The number of nitriles is 1. The minimum absolute atomic E-state index is 0.114. The van der Waals surface area contributed by atoms with E-state index in [-0.39, 0.29) is 12.0 Å². The van der Waals surface area contributed by atoms with Gasteiger partial charge in [-0.2, -0.15) is 5.26 Å². The molecule has 2 aromatic rings. The molecule has 4 nitrogen and oxygen atoms in total. The first kappa shape index (κ1) is 12.9. The third kappa shape index (κ3) is 2.83. The highest BCUT2D eigenvalue weighted by Gasteiger charge is 2.07. The van der Waals surface area contributed by atoms with Crippen LogP contribution in [0.5, 0.6) is 5.75 Å². The fourth-order valence-corrected chi connectivity index (χ4v) is 1.86. The number of hydrogen-bond acceptors (Lipinski definition) is 3. The van der Waals surface area contributed by atoms with Crippen molar-refractivity contribution in [2.24, 2.45) is 0 Å². The highest BCUT2D eigenvalue weighted by molar-refractivity contribution is 5.67. The summed E-state index contributed by atoms with van der Waals surface area (Å²) in [6.45, 7) is 2.48. The number of H-pyrrole nitrogens is 1. The highest BCUT2D eigenvalue weighted by Crippen LogP contribution is 2.27. The van der Waals surface area contributed by atoms with Gasteiger partial charge in [-0.05, 0) is 25.1 Å². The fraction of sp³-hybridized carbons (Fsp3) is 0.200. The van der Waals surface area contributed by atoms with Gasteiger partial charge in [0.05, 0.1) is 24.8 Å². The van der Waals surface area contributed by atoms with Gasteiger partial charge in [-0.25, -0.2) is 0 Å². The van der Waals surface area contributed by atoms with Crippen LogP contribution in [0, 0.1) is 11.3 Å². The molecule has 1 heterocycles. The van der Waals surface area contributed by atoms with Crippen molar-refractivity contribution in [3.8, 4) is 23.1 Å². The molecule has 4 heteroatoms. The normalized spacial score (nSPS) is 9.89. The molecule has 1 N–H and O–H groups in total. The molecule has 1 aromatic carbocycles. The molecule has 0 fully saturated rings. The molecule has 0 unspecified atom stereocenters. The van der Waals surface area contributed by atoms with Gasteiger partial charge in [0.1, 0.15) is 5.75 Å². The Balaban J connectivity index is 2.46. The molecule has 0 aliphatic heterocycles. The van der Waals surface area contributed by atoms with Crippen LogP contribution in [-0.4, -0.2) is 11.6 Å². The van der Waals surface area contributed by atoms with Gasteiger partial charge in [-0.15, -0.1) is 0 Å². The van der Waals surface area contributed by atoms with E-state index in [2.05, 4.69) is 4.98 Å². The van der Waals surface area contributed by atoms with E-state index in [1.165, 1.54) is 0 Å². The number of para-hydroxylation sites is 1. The summed E-state index contributed by atoms with van der Waals surface area (Å²) in [7, 11) is 0. The van der Waals surface area contributed by atoms with Gasteiger partial charge in [0.2, 0.25) is 0 Å². The Morgan fingerprint density at radius 1 is 1.26 bits per heavy atom. The zero-order chi connectivity index (χ0) is 13.7. The van der Waals surface area contributed by atoms with Crippen molar-refractivity contribution in [2.45, 2.75) is 13.3 Å². The summed E-state index contributed by atoms with van der Waals surface area (Å²) < 4.78 is 5.53. The summed E-state index contributed by atoms with van der Waals surface area (Å²) in [5.41, 5.74) is 1.77. The van der Waals surface area contributed by atoms with Crippen LogP contribution in [0.1, 0.15) is 12.5 Å². The molecule has 2 rings (SSSR count). The predicted molar refractivity (Wildman–Crippen MR) is 73.0 cm³/mol. The summed E-state index contributed by atoms with van der Waals surface area (Å²) in [5, 5.41) is 8.62. The average molecular weight is 254 g/mol. The Morgan fingerprint density at radius 2 is 2.05 bits per heavy atom. The molecule has 0 saturated heterocycles. The van der Waals surface area contributed by atoms with Crippen LogP contribution in [0.2, 0.25) is 0 Å². The number of hydrogen-bond donors (Lipinski definition) is 1. The zero-order valence-electron chi connectivity index (χ0n) is 10.6. The van der Waals surface area contributed by atoms with Gasteiger partial charge < -0.3 is 9.72 Å².